The zero-order valence-corrected chi connectivity index (χ0v) is 21.0. The van der Waals surface area contributed by atoms with Gasteiger partial charge in [0.2, 0.25) is 5.91 Å². The monoisotopic (exact) mass is 466 g/mol. The molecule has 180 valence electrons. The van der Waals surface area contributed by atoms with E-state index in [0.29, 0.717) is 11.4 Å². The molecule has 0 saturated heterocycles. The summed E-state index contributed by atoms with van der Waals surface area (Å²) in [4.78, 5) is 15.0. The van der Waals surface area contributed by atoms with Crippen LogP contribution >= 0.6 is 0 Å². The number of fused-ring (bicyclic) bond motifs is 2. The largest absolute Gasteiger partial charge is 0.362 e. The Balaban J connectivity index is 1.83. The van der Waals surface area contributed by atoms with E-state index >= 15 is 0 Å². The first-order chi connectivity index (χ1) is 15.7. The van der Waals surface area contributed by atoms with Crippen molar-refractivity contribution in [3.8, 4) is 0 Å². The van der Waals surface area contributed by atoms with Crippen LogP contribution < -0.4 is 10.2 Å². The zero-order valence-electron chi connectivity index (χ0n) is 21.0. The highest BCUT2D eigenvalue weighted by Crippen LogP contribution is 2.46. The second-order valence-corrected chi connectivity index (χ2v) is 10.2. The number of nitrogens with one attached hydrogen (secondary N) is 1. The van der Waals surface area contributed by atoms with Gasteiger partial charge in [0.25, 0.3) is 5.92 Å². The Bertz CT molecular complexity index is 1290. The summed E-state index contributed by atoms with van der Waals surface area (Å²) in [5, 5.41) is 13.9. The molecule has 7 heteroatoms. The minimum atomic E-state index is -2.92. The molecule has 0 saturated carbocycles. The van der Waals surface area contributed by atoms with Gasteiger partial charge < -0.3 is 10.2 Å². The van der Waals surface area contributed by atoms with E-state index in [1.54, 1.807) is 13.0 Å². The fraction of sp³-hybridized carbons (Fsp3) is 0.444. The van der Waals surface area contributed by atoms with Crippen LogP contribution in [-0.2, 0) is 16.1 Å². The highest BCUT2D eigenvalue weighted by atomic mass is 19.3. The Labute approximate surface area is 199 Å². The number of benzene rings is 2. The van der Waals surface area contributed by atoms with Crippen molar-refractivity contribution in [1.29, 1.82) is 0 Å². The quantitative estimate of drug-likeness (QED) is 0.462. The van der Waals surface area contributed by atoms with Crippen LogP contribution in [0.4, 0.5) is 20.3 Å². The van der Waals surface area contributed by atoms with Crippen molar-refractivity contribution >= 4 is 28.2 Å². The highest BCUT2D eigenvalue weighted by Gasteiger charge is 2.45. The smallest absolute Gasteiger partial charge is 0.270 e. The molecule has 1 aromatic heterocycles. The molecule has 0 radical (unpaired) electrons. The molecular weight excluding hydrogens is 434 g/mol. The lowest BCUT2D eigenvalue weighted by Crippen LogP contribution is -2.40. The Hall–Kier alpha value is -3.09. The summed E-state index contributed by atoms with van der Waals surface area (Å²) >= 11 is 0. The minimum Gasteiger partial charge on any atom is -0.362 e. The van der Waals surface area contributed by atoms with Crippen LogP contribution in [0, 0.1) is 13.8 Å². The molecule has 0 spiro atoms. The molecule has 1 N–H and O–H groups in total. The van der Waals surface area contributed by atoms with Crippen LogP contribution in [0.5, 0.6) is 0 Å². The Morgan fingerprint density at radius 3 is 2.35 bits per heavy atom. The van der Waals surface area contributed by atoms with Crippen molar-refractivity contribution < 1.29 is 13.6 Å². The molecule has 4 rings (SSSR count). The van der Waals surface area contributed by atoms with Crippen LogP contribution in [0.1, 0.15) is 75.5 Å². The van der Waals surface area contributed by atoms with Crippen molar-refractivity contribution in [2.75, 3.05) is 10.2 Å². The van der Waals surface area contributed by atoms with Gasteiger partial charge >= 0.3 is 0 Å². The van der Waals surface area contributed by atoms with Crippen molar-refractivity contribution in [2.24, 2.45) is 0 Å². The van der Waals surface area contributed by atoms with Gasteiger partial charge in [-0.05, 0) is 77.3 Å². The summed E-state index contributed by atoms with van der Waals surface area (Å²) in [6.45, 7) is 14.4. The lowest BCUT2D eigenvalue weighted by Gasteiger charge is -2.24. The van der Waals surface area contributed by atoms with E-state index in [2.05, 4.69) is 15.5 Å². The maximum Gasteiger partial charge on any atom is 0.270 e. The van der Waals surface area contributed by atoms with E-state index < -0.39 is 11.3 Å². The van der Waals surface area contributed by atoms with E-state index in [0.717, 1.165) is 40.2 Å². The number of nitrogens with zero attached hydrogens (tertiary/aromatic N) is 3. The summed E-state index contributed by atoms with van der Waals surface area (Å²) in [6.07, 6.45) is 0. The first-order valence-corrected chi connectivity index (χ1v) is 11.6. The van der Waals surface area contributed by atoms with Crippen molar-refractivity contribution in [3.63, 3.8) is 0 Å². The van der Waals surface area contributed by atoms with Gasteiger partial charge in [0.15, 0.2) is 5.82 Å². The Morgan fingerprint density at radius 1 is 1.06 bits per heavy atom. The molecule has 0 bridgehead atoms. The van der Waals surface area contributed by atoms with Gasteiger partial charge in [-0.15, -0.1) is 5.10 Å². The predicted molar refractivity (Wildman–Crippen MR) is 133 cm³/mol. The zero-order chi connectivity index (χ0) is 25.2. The standard InChI is InChI=1S/C27H32F2N4O/c1-14(2)33-23-13-20-19(12-22(23)26(6,7)25(33)34)17(5)31-32-24(20)30-16(4)18-10-9-11-21(15(18)3)27(8,28)29/h9-14,16H,1-8H3,(H,30,32)/t16-/m1/s1. The lowest BCUT2D eigenvalue weighted by atomic mass is 9.85. The third-order valence-corrected chi connectivity index (χ3v) is 6.95. The maximum absolute atomic E-state index is 14.1. The fourth-order valence-electron chi connectivity index (χ4n) is 5.04. The number of alkyl halides is 2. The molecule has 1 aliphatic rings. The first-order valence-electron chi connectivity index (χ1n) is 11.6. The van der Waals surface area contributed by atoms with Crippen LogP contribution in [0.25, 0.3) is 10.8 Å². The van der Waals surface area contributed by atoms with Crippen LogP contribution in [0.3, 0.4) is 0 Å². The minimum absolute atomic E-state index is 0.0119. The summed E-state index contributed by atoms with van der Waals surface area (Å²) in [5.74, 6) is -2.29. The maximum atomic E-state index is 14.1. The van der Waals surface area contributed by atoms with Gasteiger partial charge in [-0.3, -0.25) is 4.79 Å². The van der Waals surface area contributed by atoms with Crippen molar-refractivity contribution in [1.82, 2.24) is 10.2 Å². The number of hydrogen-bond donors (Lipinski definition) is 1. The van der Waals surface area contributed by atoms with E-state index in [4.69, 9.17) is 0 Å². The molecule has 0 aliphatic carbocycles. The number of aromatic nitrogens is 2. The predicted octanol–water partition coefficient (Wildman–Crippen LogP) is 6.56. The number of carbonyl (C=O) groups is 1. The van der Waals surface area contributed by atoms with Gasteiger partial charge in [-0.2, -0.15) is 5.10 Å². The third-order valence-electron chi connectivity index (χ3n) is 6.95. The molecule has 0 unspecified atom stereocenters. The molecular formula is C27H32F2N4O. The van der Waals surface area contributed by atoms with Gasteiger partial charge in [0, 0.05) is 35.0 Å². The number of halogens is 2. The number of carbonyl (C=O) groups excluding carboxylic acids is 1. The summed E-state index contributed by atoms with van der Waals surface area (Å²) in [7, 11) is 0. The molecule has 1 aliphatic heterocycles. The fourth-order valence-corrected chi connectivity index (χ4v) is 5.04. The Morgan fingerprint density at radius 2 is 1.74 bits per heavy atom. The molecule has 34 heavy (non-hydrogen) atoms. The van der Waals surface area contributed by atoms with Gasteiger partial charge in [-0.1, -0.05) is 18.2 Å². The average molecular weight is 467 g/mol. The number of aryl methyl sites for hydroxylation is 1. The highest BCUT2D eigenvalue weighted by molar-refractivity contribution is 6.11. The first kappa shape index (κ1) is 24.0. The number of amides is 1. The van der Waals surface area contributed by atoms with E-state index in [-0.39, 0.29) is 23.6 Å². The molecule has 0 fully saturated rings. The summed E-state index contributed by atoms with van der Waals surface area (Å²) in [6, 6.07) is 8.77. The molecule has 3 aromatic rings. The molecule has 5 nitrogen and oxygen atoms in total. The van der Waals surface area contributed by atoms with Crippen LogP contribution in [0.2, 0.25) is 0 Å². The number of hydrogen-bond acceptors (Lipinski definition) is 4. The molecule has 1 atom stereocenters. The second-order valence-electron chi connectivity index (χ2n) is 10.2. The van der Waals surface area contributed by atoms with Crippen molar-refractivity contribution in [3.05, 3.63) is 58.3 Å². The normalized spacial score (nSPS) is 16.3. The molecule has 2 aromatic carbocycles. The van der Waals surface area contributed by atoms with Gasteiger partial charge in [0.1, 0.15) is 0 Å². The third kappa shape index (κ3) is 3.71. The molecule has 2 heterocycles. The van der Waals surface area contributed by atoms with Gasteiger partial charge in [0.05, 0.1) is 17.2 Å². The van der Waals surface area contributed by atoms with E-state index in [1.807, 2.05) is 64.6 Å². The summed E-state index contributed by atoms with van der Waals surface area (Å²) in [5.41, 5.74) is 3.34. The molecule has 1 amide bonds. The SMILES string of the molecule is Cc1c([C@@H](C)Nc2nnc(C)c3cc4c(cc23)N(C(C)C)C(=O)C4(C)C)cccc1C(C)(F)F. The van der Waals surface area contributed by atoms with Gasteiger partial charge in [-0.25, -0.2) is 8.78 Å². The number of anilines is 2. The topological polar surface area (TPSA) is 58.1 Å². The summed E-state index contributed by atoms with van der Waals surface area (Å²) < 4.78 is 28.2. The van der Waals surface area contributed by atoms with E-state index in [9.17, 15) is 13.6 Å². The van der Waals surface area contributed by atoms with Crippen LogP contribution in [0.15, 0.2) is 30.3 Å². The Kier molecular flexibility index (Phi) is 5.66. The number of rotatable bonds is 5. The lowest BCUT2D eigenvalue weighted by molar-refractivity contribution is -0.122. The van der Waals surface area contributed by atoms with E-state index in [1.165, 1.54) is 6.07 Å². The van der Waals surface area contributed by atoms with Crippen LogP contribution in [-0.4, -0.2) is 22.1 Å². The average Bonchev–Trinajstić information content (AvgIpc) is 2.93. The van der Waals surface area contributed by atoms with Crippen molar-refractivity contribution in [2.45, 2.75) is 78.8 Å². The second kappa shape index (κ2) is 8.00.